The number of nitrogens with zero attached hydrogens (tertiary/aromatic N) is 4. The monoisotopic (exact) mass is 386 g/mol. The van der Waals surface area contributed by atoms with Crippen molar-refractivity contribution in [3.8, 4) is 11.3 Å². The minimum atomic E-state index is -0.450. The highest BCUT2D eigenvalue weighted by Gasteiger charge is 2.11. The number of likely N-dealkylation sites (N-methyl/N-ethyl adjacent to an activating group) is 1. The first-order valence-electron chi connectivity index (χ1n) is 8.42. The van der Waals surface area contributed by atoms with Gasteiger partial charge in [-0.15, -0.1) is 0 Å². The first kappa shape index (κ1) is 19.0. The van der Waals surface area contributed by atoms with Crippen LogP contribution in [0, 0.1) is 5.82 Å². The number of anilines is 3. The standard InChI is InChI=1S/C19H20ClFN6/c1-27(2)11-10-23-19-24-16(13-6-8-22-9-7-13)12-17(26-19)25-18-14(20)4-3-5-15(18)21/h3-9,12H,10-11H2,1-2H3,(H2,23,24,25,26). The zero-order valence-electron chi connectivity index (χ0n) is 15.1. The number of halogens is 2. The molecule has 3 rings (SSSR count). The van der Waals surface area contributed by atoms with Crippen molar-refractivity contribution < 1.29 is 4.39 Å². The van der Waals surface area contributed by atoms with Gasteiger partial charge in [-0.05, 0) is 38.4 Å². The number of hydrogen-bond acceptors (Lipinski definition) is 6. The highest BCUT2D eigenvalue weighted by Crippen LogP contribution is 2.29. The second-order valence-electron chi connectivity index (χ2n) is 6.15. The van der Waals surface area contributed by atoms with E-state index in [0.29, 0.717) is 24.0 Å². The predicted molar refractivity (Wildman–Crippen MR) is 107 cm³/mol. The Bertz CT molecular complexity index is 884. The van der Waals surface area contributed by atoms with Crippen LogP contribution in [0.25, 0.3) is 11.3 Å². The van der Waals surface area contributed by atoms with E-state index in [1.807, 2.05) is 26.2 Å². The third-order valence-corrected chi connectivity index (χ3v) is 4.08. The van der Waals surface area contributed by atoms with Gasteiger partial charge in [0, 0.05) is 37.1 Å². The van der Waals surface area contributed by atoms with Crippen molar-refractivity contribution in [2.24, 2.45) is 0 Å². The van der Waals surface area contributed by atoms with Gasteiger partial charge in [0.25, 0.3) is 0 Å². The van der Waals surface area contributed by atoms with Gasteiger partial charge in [-0.2, -0.15) is 4.98 Å². The number of rotatable bonds is 7. The molecular formula is C19H20ClFN6. The molecule has 0 unspecified atom stereocenters. The Balaban J connectivity index is 1.94. The molecule has 0 bridgehead atoms. The van der Waals surface area contributed by atoms with Gasteiger partial charge in [-0.1, -0.05) is 17.7 Å². The molecule has 3 aromatic rings. The van der Waals surface area contributed by atoms with Crippen LogP contribution in [0.5, 0.6) is 0 Å². The largest absolute Gasteiger partial charge is 0.353 e. The molecule has 0 saturated carbocycles. The van der Waals surface area contributed by atoms with Crippen molar-refractivity contribution in [2.75, 3.05) is 37.8 Å². The van der Waals surface area contributed by atoms with E-state index in [4.69, 9.17) is 11.6 Å². The lowest BCUT2D eigenvalue weighted by atomic mass is 10.2. The van der Waals surface area contributed by atoms with E-state index < -0.39 is 5.82 Å². The van der Waals surface area contributed by atoms with Gasteiger partial charge >= 0.3 is 0 Å². The quantitative estimate of drug-likeness (QED) is 0.638. The number of pyridine rings is 1. The van der Waals surface area contributed by atoms with Crippen LogP contribution in [-0.4, -0.2) is 47.0 Å². The van der Waals surface area contributed by atoms with Crippen LogP contribution in [0.1, 0.15) is 0 Å². The third kappa shape index (κ3) is 5.12. The molecule has 0 aliphatic heterocycles. The van der Waals surface area contributed by atoms with Gasteiger partial charge in [0.05, 0.1) is 16.4 Å². The topological polar surface area (TPSA) is 66.0 Å². The Kier molecular flexibility index (Phi) is 6.16. The van der Waals surface area contributed by atoms with Gasteiger partial charge in [0.2, 0.25) is 5.95 Å². The molecule has 6 nitrogen and oxygen atoms in total. The second kappa shape index (κ2) is 8.75. The minimum Gasteiger partial charge on any atom is -0.353 e. The fourth-order valence-electron chi connectivity index (χ4n) is 2.40. The maximum atomic E-state index is 14.1. The second-order valence-corrected chi connectivity index (χ2v) is 6.56. The first-order valence-corrected chi connectivity index (χ1v) is 8.80. The summed E-state index contributed by atoms with van der Waals surface area (Å²) in [5, 5.41) is 6.44. The smallest absolute Gasteiger partial charge is 0.225 e. The minimum absolute atomic E-state index is 0.179. The van der Waals surface area contributed by atoms with E-state index in [9.17, 15) is 4.39 Å². The molecule has 0 fully saturated rings. The molecule has 1 aromatic carbocycles. The van der Waals surface area contributed by atoms with Crippen molar-refractivity contribution in [3.63, 3.8) is 0 Å². The molecule has 0 aliphatic carbocycles. The summed E-state index contributed by atoms with van der Waals surface area (Å²) < 4.78 is 14.1. The number of para-hydroxylation sites is 1. The van der Waals surface area contributed by atoms with E-state index in [-0.39, 0.29) is 10.7 Å². The van der Waals surface area contributed by atoms with Crippen molar-refractivity contribution in [1.29, 1.82) is 0 Å². The number of benzene rings is 1. The van der Waals surface area contributed by atoms with Gasteiger partial charge in [0.1, 0.15) is 11.6 Å². The first-order chi connectivity index (χ1) is 13.0. The summed E-state index contributed by atoms with van der Waals surface area (Å²) in [4.78, 5) is 15.1. The van der Waals surface area contributed by atoms with Crippen LogP contribution in [0.4, 0.5) is 21.8 Å². The molecule has 0 aliphatic rings. The highest BCUT2D eigenvalue weighted by molar-refractivity contribution is 6.33. The fraction of sp³-hybridized carbons (Fsp3) is 0.211. The molecule has 0 saturated heterocycles. The van der Waals surface area contributed by atoms with Gasteiger partial charge < -0.3 is 15.5 Å². The van der Waals surface area contributed by atoms with E-state index in [1.165, 1.54) is 6.07 Å². The number of nitrogens with one attached hydrogen (secondary N) is 2. The van der Waals surface area contributed by atoms with Crippen molar-refractivity contribution in [1.82, 2.24) is 19.9 Å². The van der Waals surface area contributed by atoms with Crippen LogP contribution in [0.3, 0.4) is 0 Å². The number of aromatic nitrogens is 3. The normalized spacial score (nSPS) is 10.9. The predicted octanol–water partition coefficient (Wildman–Crippen LogP) is 4.05. The maximum Gasteiger partial charge on any atom is 0.225 e. The lowest BCUT2D eigenvalue weighted by Crippen LogP contribution is -2.21. The van der Waals surface area contributed by atoms with E-state index in [1.54, 1.807) is 30.6 Å². The molecule has 2 heterocycles. The molecule has 2 aromatic heterocycles. The summed E-state index contributed by atoms with van der Waals surface area (Å²) >= 11 is 6.12. The Labute approximate surface area is 162 Å². The van der Waals surface area contributed by atoms with Crippen LogP contribution < -0.4 is 10.6 Å². The summed E-state index contributed by atoms with van der Waals surface area (Å²) in [6.07, 6.45) is 3.38. The molecule has 27 heavy (non-hydrogen) atoms. The molecule has 140 valence electrons. The van der Waals surface area contributed by atoms with E-state index in [2.05, 4.69) is 30.5 Å². The van der Waals surface area contributed by atoms with Crippen LogP contribution in [0.2, 0.25) is 5.02 Å². The summed E-state index contributed by atoms with van der Waals surface area (Å²) in [6, 6.07) is 9.97. The Morgan fingerprint density at radius 2 is 1.89 bits per heavy atom. The molecule has 0 atom stereocenters. The van der Waals surface area contributed by atoms with E-state index in [0.717, 1.165) is 12.1 Å². The number of hydrogen-bond donors (Lipinski definition) is 2. The summed E-state index contributed by atoms with van der Waals surface area (Å²) in [5.74, 6) is 0.436. The molecule has 2 N–H and O–H groups in total. The SMILES string of the molecule is CN(C)CCNc1nc(Nc2c(F)cccc2Cl)cc(-c2ccncc2)n1. The Hall–Kier alpha value is -2.77. The van der Waals surface area contributed by atoms with Crippen molar-refractivity contribution in [3.05, 3.63) is 59.6 Å². The lowest BCUT2D eigenvalue weighted by molar-refractivity contribution is 0.425. The van der Waals surface area contributed by atoms with E-state index >= 15 is 0 Å². The van der Waals surface area contributed by atoms with Crippen molar-refractivity contribution >= 4 is 29.1 Å². The Morgan fingerprint density at radius 1 is 1.11 bits per heavy atom. The van der Waals surface area contributed by atoms with Gasteiger partial charge in [-0.25, -0.2) is 9.37 Å². The van der Waals surface area contributed by atoms with Crippen LogP contribution >= 0.6 is 11.6 Å². The lowest BCUT2D eigenvalue weighted by Gasteiger charge is -2.14. The van der Waals surface area contributed by atoms with Gasteiger partial charge in [0.15, 0.2) is 0 Å². The summed E-state index contributed by atoms with van der Waals surface area (Å²) in [5.41, 5.74) is 1.75. The third-order valence-electron chi connectivity index (χ3n) is 3.76. The Morgan fingerprint density at radius 3 is 2.59 bits per heavy atom. The fourth-order valence-corrected chi connectivity index (χ4v) is 2.61. The van der Waals surface area contributed by atoms with Crippen LogP contribution in [0.15, 0.2) is 48.8 Å². The van der Waals surface area contributed by atoms with Crippen molar-refractivity contribution in [2.45, 2.75) is 0 Å². The molecule has 8 heteroatoms. The summed E-state index contributed by atoms with van der Waals surface area (Å²) in [6.45, 7) is 1.50. The molecule has 0 radical (unpaired) electrons. The molecule has 0 spiro atoms. The average Bonchev–Trinajstić information content (AvgIpc) is 2.65. The zero-order chi connectivity index (χ0) is 19.2. The molecule has 0 amide bonds. The average molecular weight is 387 g/mol. The molecular weight excluding hydrogens is 367 g/mol. The highest BCUT2D eigenvalue weighted by atomic mass is 35.5. The summed E-state index contributed by atoms with van der Waals surface area (Å²) in [7, 11) is 3.98. The van der Waals surface area contributed by atoms with Gasteiger partial charge in [-0.3, -0.25) is 4.98 Å². The zero-order valence-corrected chi connectivity index (χ0v) is 15.8. The van der Waals surface area contributed by atoms with Crippen LogP contribution in [-0.2, 0) is 0 Å². The maximum absolute atomic E-state index is 14.1.